The molecule has 16 heteroatoms. The Balaban J connectivity index is 1.23. The number of carbonyl (C=O) groups is 2. The Morgan fingerprint density at radius 3 is 2.62 bits per heavy atom. The lowest BCUT2D eigenvalue weighted by atomic mass is 9.71. The molecular weight excluding hydrogens is 767 g/mol. The number of phenolic OH excluding ortho intramolecular Hbond substituents is 1. The van der Waals surface area contributed by atoms with Crippen molar-refractivity contribution >= 4 is 34.6 Å². The van der Waals surface area contributed by atoms with Gasteiger partial charge in [-0.3, -0.25) is 15.0 Å². The molecule has 1 unspecified atom stereocenters. The number of aryl methyl sites for hydroxylation is 1. The van der Waals surface area contributed by atoms with E-state index in [0.29, 0.717) is 63.1 Å². The highest BCUT2D eigenvalue weighted by molar-refractivity contribution is 7.99. The van der Waals surface area contributed by atoms with E-state index in [2.05, 4.69) is 15.6 Å². The highest BCUT2D eigenvalue weighted by Crippen LogP contribution is 2.64. The number of hydrogen-bond acceptors (Lipinski definition) is 15. The molecule has 306 valence electrons. The number of rotatable bonds is 4. The molecule has 1 spiro atoms. The van der Waals surface area contributed by atoms with E-state index in [0.717, 1.165) is 27.6 Å². The molecule has 8 heterocycles. The van der Waals surface area contributed by atoms with E-state index >= 15 is 4.79 Å². The number of methoxy groups -OCH3 is 2. The molecular formula is C42H47N5O10S. The number of carbonyl (C=O) groups excluding carboxylic acids is 2. The van der Waals surface area contributed by atoms with Crippen LogP contribution in [0, 0.1) is 13.8 Å². The van der Waals surface area contributed by atoms with Crippen molar-refractivity contribution in [1.29, 1.82) is 0 Å². The van der Waals surface area contributed by atoms with Gasteiger partial charge < -0.3 is 54.7 Å². The van der Waals surface area contributed by atoms with Crippen LogP contribution in [-0.2, 0) is 26.3 Å². The van der Waals surface area contributed by atoms with Gasteiger partial charge in [-0.1, -0.05) is 13.0 Å². The van der Waals surface area contributed by atoms with Crippen molar-refractivity contribution in [1.82, 2.24) is 20.5 Å². The number of hydrogen-bond donors (Lipinski definition) is 6. The number of thioether (sulfide) groups is 1. The number of benzene rings is 3. The topological polar surface area (TPSA) is 199 Å². The molecule has 4 aromatic rings. The van der Waals surface area contributed by atoms with Crippen LogP contribution in [0.15, 0.2) is 24.3 Å². The Morgan fingerprint density at radius 1 is 1.09 bits per heavy atom. The molecule has 0 aliphatic carbocycles. The zero-order chi connectivity index (χ0) is 40.5. The Morgan fingerprint density at radius 2 is 1.88 bits per heavy atom. The molecule has 7 N–H and O–H groups in total. The molecule has 0 amide bonds. The van der Waals surface area contributed by atoms with Crippen molar-refractivity contribution in [2.45, 2.75) is 87.3 Å². The lowest BCUT2D eigenvalue weighted by molar-refractivity contribution is -0.166. The summed E-state index contributed by atoms with van der Waals surface area (Å²) in [4.78, 5) is 33.7. The summed E-state index contributed by atoms with van der Waals surface area (Å²) in [5, 5.41) is 32.4. The standard InChI is InChI=1S/C42H47N5O10S/c1-16-9-22-17(2)30-40(50)47-26-13-54-41(51)42(39-24(10-20(12-43)46-42)23-11-21(52-5)7-8-25(23)44-39)14-58-38(32(47)31(45-30)27(22)33(49)34(16)53-6)29-28(26)37-36(55-15-56-37)18(3)35(29)57-19(4)48/h7-9,11,17,20,26,30-32,38,40,44-46,49-50H,10,12-15,43H2,1-6H3/t17?,20-,26+,30+,31-,32-,38-,40+,42-/m1/s1. The predicted octanol–water partition coefficient (Wildman–Crippen LogP) is 3.74. The van der Waals surface area contributed by atoms with Crippen LogP contribution in [0.3, 0.4) is 0 Å². The van der Waals surface area contributed by atoms with Gasteiger partial charge in [0.2, 0.25) is 6.79 Å². The number of aromatic hydroxyl groups is 1. The van der Waals surface area contributed by atoms with Crippen LogP contribution in [0.1, 0.15) is 81.7 Å². The normalized spacial score (nSPS) is 30.6. The molecule has 2 fully saturated rings. The quantitative estimate of drug-likeness (QED) is 0.129. The summed E-state index contributed by atoms with van der Waals surface area (Å²) in [7, 11) is 3.16. The number of aliphatic hydroxyl groups excluding tert-OH is 1. The van der Waals surface area contributed by atoms with Gasteiger partial charge in [0.15, 0.2) is 28.5 Å². The van der Waals surface area contributed by atoms with Gasteiger partial charge in [0.05, 0.1) is 43.3 Å². The van der Waals surface area contributed by atoms with E-state index in [-0.39, 0.29) is 43.4 Å². The molecule has 3 aromatic carbocycles. The summed E-state index contributed by atoms with van der Waals surface area (Å²) >= 11 is 1.48. The molecule has 1 aromatic heterocycles. The van der Waals surface area contributed by atoms with E-state index < -0.39 is 53.1 Å². The number of esters is 2. The predicted molar refractivity (Wildman–Crippen MR) is 213 cm³/mol. The van der Waals surface area contributed by atoms with Gasteiger partial charge >= 0.3 is 11.9 Å². The highest BCUT2D eigenvalue weighted by atomic mass is 32.2. The number of ether oxygens (including phenoxy) is 6. The monoisotopic (exact) mass is 813 g/mol. The molecule has 9 atom stereocenters. The Hall–Kier alpha value is -4.71. The minimum atomic E-state index is -1.39. The van der Waals surface area contributed by atoms with E-state index in [1.807, 2.05) is 49.9 Å². The summed E-state index contributed by atoms with van der Waals surface area (Å²) in [6, 6.07) is 5.13. The molecule has 0 saturated carbocycles. The molecule has 4 bridgehead atoms. The molecule has 11 rings (SSSR count). The lowest BCUT2D eigenvalue weighted by Gasteiger charge is -2.60. The van der Waals surface area contributed by atoms with Crippen LogP contribution in [0.4, 0.5) is 0 Å². The number of nitrogens with two attached hydrogens (primary N) is 1. The third-order valence-electron chi connectivity index (χ3n) is 13.3. The van der Waals surface area contributed by atoms with Crippen molar-refractivity contribution in [3.05, 3.63) is 68.9 Å². The third-order valence-corrected chi connectivity index (χ3v) is 14.7. The molecule has 2 saturated heterocycles. The van der Waals surface area contributed by atoms with E-state index in [1.54, 1.807) is 7.11 Å². The zero-order valence-corrected chi connectivity index (χ0v) is 33.9. The van der Waals surface area contributed by atoms with Crippen molar-refractivity contribution in [3.8, 4) is 34.5 Å². The number of phenols is 1. The Kier molecular flexibility index (Phi) is 8.68. The third kappa shape index (κ3) is 5.05. The molecule has 0 radical (unpaired) electrons. The van der Waals surface area contributed by atoms with E-state index in [9.17, 15) is 15.0 Å². The first-order valence-corrected chi connectivity index (χ1v) is 20.7. The smallest absolute Gasteiger partial charge is 0.333 e. The van der Waals surface area contributed by atoms with Crippen molar-refractivity contribution in [2.75, 3.05) is 39.9 Å². The second-order valence-corrected chi connectivity index (χ2v) is 17.4. The van der Waals surface area contributed by atoms with Gasteiger partial charge in [0, 0.05) is 70.4 Å². The molecule has 58 heavy (non-hydrogen) atoms. The number of aliphatic hydroxyl groups is 1. The number of aromatic nitrogens is 1. The number of nitrogens with zero attached hydrogens (tertiary/aromatic N) is 1. The maximum Gasteiger partial charge on any atom is 0.333 e. The summed E-state index contributed by atoms with van der Waals surface area (Å²) in [5.74, 6) is 1.20. The second-order valence-electron chi connectivity index (χ2n) is 16.3. The van der Waals surface area contributed by atoms with Gasteiger partial charge in [-0.2, -0.15) is 0 Å². The van der Waals surface area contributed by atoms with Gasteiger partial charge in [0.1, 0.15) is 24.3 Å². The summed E-state index contributed by atoms with van der Waals surface area (Å²) in [6.07, 6.45) is -0.512. The molecule has 7 aliphatic rings. The number of aromatic amines is 1. The van der Waals surface area contributed by atoms with Crippen LogP contribution in [0.2, 0.25) is 0 Å². The highest BCUT2D eigenvalue weighted by Gasteiger charge is 2.61. The van der Waals surface area contributed by atoms with Gasteiger partial charge in [-0.15, -0.1) is 11.8 Å². The van der Waals surface area contributed by atoms with Crippen LogP contribution in [0.25, 0.3) is 10.9 Å². The van der Waals surface area contributed by atoms with Gasteiger partial charge in [0.25, 0.3) is 0 Å². The fourth-order valence-corrected chi connectivity index (χ4v) is 12.4. The number of piperazine rings is 1. The maximum absolute atomic E-state index is 15.1. The first-order valence-electron chi connectivity index (χ1n) is 19.6. The average molecular weight is 814 g/mol. The fraction of sp³-hybridized carbons (Fsp3) is 0.476. The maximum atomic E-state index is 15.1. The number of nitrogens with one attached hydrogen (secondary N) is 3. The van der Waals surface area contributed by atoms with Crippen LogP contribution in [-0.4, -0.2) is 96.3 Å². The minimum Gasteiger partial charge on any atom is -0.504 e. The first kappa shape index (κ1) is 37.6. The van der Waals surface area contributed by atoms with Crippen molar-refractivity contribution in [3.63, 3.8) is 0 Å². The molecule has 15 nitrogen and oxygen atoms in total. The summed E-state index contributed by atoms with van der Waals surface area (Å²) in [6.45, 7) is 7.12. The largest absolute Gasteiger partial charge is 0.504 e. The summed E-state index contributed by atoms with van der Waals surface area (Å²) in [5.41, 5.74) is 11.7. The van der Waals surface area contributed by atoms with Crippen LogP contribution >= 0.6 is 11.8 Å². The SMILES string of the molecule is COc1ccc2[nH]c3c(c2c1)C[C@H](CN)N[C@]31CS[C@@H]2c3c(OC(C)=O)c(C)c4c(c3[C@H](COC1=O)N1[C@@H]2[C@@H]2N[C@@H](C(C)c3cc(C)c(OC)c(O)c32)[C@@H]1O)OCO4. The fourth-order valence-electron chi connectivity index (χ4n) is 10.8. The van der Waals surface area contributed by atoms with Crippen molar-refractivity contribution < 1.29 is 48.2 Å². The van der Waals surface area contributed by atoms with Gasteiger partial charge in [-0.25, -0.2) is 4.79 Å². The van der Waals surface area contributed by atoms with E-state index in [1.165, 1.54) is 25.8 Å². The summed E-state index contributed by atoms with van der Waals surface area (Å²) < 4.78 is 36.3. The van der Waals surface area contributed by atoms with Crippen molar-refractivity contribution in [2.24, 2.45) is 5.73 Å². The second kappa shape index (κ2) is 13.4. The minimum absolute atomic E-state index is 0.0256. The zero-order valence-electron chi connectivity index (χ0n) is 33.1. The number of fused-ring (bicyclic) bond motifs is 11. The Bertz CT molecular complexity index is 2420. The van der Waals surface area contributed by atoms with E-state index in [4.69, 9.17) is 34.2 Å². The number of H-pyrrole nitrogens is 1. The molecule has 7 aliphatic heterocycles. The lowest BCUT2D eigenvalue weighted by Crippen LogP contribution is -2.70. The van der Waals surface area contributed by atoms with Gasteiger partial charge in [-0.05, 0) is 55.2 Å². The van der Waals surface area contributed by atoms with Crippen LogP contribution in [0.5, 0.6) is 34.5 Å². The Labute approximate surface area is 338 Å². The van der Waals surface area contributed by atoms with Crippen LogP contribution < -0.4 is 40.1 Å². The first-order chi connectivity index (χ1) is 27.9. The average Bonchev–Trinajstić information content (AvgIpc) is 3.85.